The first kappa shape index (κ1) is 26.8. The number of ketones is 1. The summed E-state index contributed by atoms with van der Waals surface area (Å²) in [7, 11) is 0. The highest BCUT2D eigenvalue weighted by Crippen LogP contribution is 2.26. The second-order valence-corrected chi connectivity index (χ2v) is 8.40. The maximum absolute atomic E-state index is 13.9. The monoisotopic (exact) mass is 481 g/mol. The average Bonchev–Trinajstić information content (AvgIpc) is 2.75. The highest BCUT2D eigenvalue weighted by molar-refractivity contribution is 5.86. The molecule has 0 amide bonds. The number of nitrogens with one attached hydrogen (secondary N) is 1. The van der Waals surface area contributed by atoms with Gasteiger partial charge in [0.2, 0.25) is 11.6 Å². The van der Waals surface area contributed by atoms with Crippen molar-refractivity contribution in [2.24, 2.45) is 0 Å². The van der Waals surface area contributed by atoms with Gasteiger partial charge in [-0.1, -0.05) is 36.9 Å². The van der Waals surface area contributed by atoms with Crippen molar-refractivity contribution in [2.45, 2.75) is 45.4 Å². The average molecular weight is 481 g/mol. The van der Waals surface area contributed by atoms with E-state index < -0.39 is 53.1 Å². The molecule has 184 valence electrons. The highest BCUT2D eigenvalue weighted by atomic mass is 19.2. The minimum Gasteiger partial charge on any atom is -0.493 e. The molecule has 0 fully saturated rings. The molecule has 2 rings (SSSR count). The molecule has 0 spiro atoms. The molecule has 0 aliphatic carbocycles. The minimum atomic E-state index is -1.74. The molecule has 1 atom stereocenters. The van der Waals surface area contributed by atoms with Gasteiger partial charge in [0.15, 0.2) is 29.1 Å². The Balaban J connectivity index is 2.10. The second-order valence-electron chi connectivity index (χ2n) is 8.40. The van der Waals surface area contributed by atoms with E-state index in [1.165, 1.54) is 0 Å². The summed E-state index contributed by atoms with van der Waals surface area (Å²) in [6.07, 6.45) is -0.0599. The van der Waals surface area contributed by atoms with Crippen LogP contribution in [0.15, 0.2) is 61.2 Å². The fourth-order valence-corrected chi connectivity index (χ4v) is 2.85. The molecule has 2 aromatic carbocycles. The summed E-state index contributed by atoms with van der Waals surface area (Å²) >= 11 is 0. The van der Waals surface area contributed by atoms with Crippen LogP contribution in [0.2, 0.25) is 0 Å². The van der Waals surface area contributed by atoms with Crippen LogP contribution in [0.5, 0.6) is 5.75 Å². The number of hydrogen-bond donors (Lipinski definition) is 1. The molecule has 5 nitrogen and oxygen atoms in total. The van der Waals surface area contributed by atoms with E-state index in [0.29, 0.717) is 0 Å². The Labute approximate surface area is 196 Å². The van der Waals surface area contributed by atoms with Crippen LogP contribution in [0, 0.1) is 23.3 Å². The number of rotatable bonds is 12. The molecular weight excluding hydrogens is 454 g/mol. The summed E-state index contributed by atoms with van der Waals surface area (Å²) in [6.45, 7) is 12.2. The van der Waals surface area contributed by atoms with Gasteiger partial charge in [0.25, 0.3) is 0 Å². The third-order valence-electron chi connectivity index (χ3n) is 4.29. The number of halogens is 4. The Morgan fingerprint density at radius 3 is 2.18 bits per heavy atom. The standard InChI is InChI=1S/C25H27F4NO4/c1-15(34-25(3,4)5)11-20(30-16(2)32-13-17-9-7-6-8-10-17)21(31)14-33-24-22(28)18(26)12-19(27)23(24)29/h6-10,12,20,30H,1-2,11,13-14H2,3-5H3/t20-/m0/s1. The zero-order valence-electron chi connectivity index (χ0n) is 19.2. The molecule has 0 aliphatic heterocycles. The zero-order valence-corrected chi connectivity index (χ0v) is 19.2. The van der Waals surface area contributed by atoms with Crippen molar-refractivity contribution < 1.29 is 36.6 Å². The van der Waals surface area contributed by atoms with E-state index in [1.807, 2.05) is 30.3 Å². The van der Waals surface area contributed by atoms with Gasteiger partial charge in [0.1, 0.15) is 18.8 Å². The molecule has 0 aliphatic rings. The Bertz CT molecular complexity index is 1010. The summed E-state index contributed by atoms with van der Waals surface area (Å²) in [5.74, 6) is -8.54. The first-order valence-electron chi connectivity index (χ1n) is 10.3. The molecule has 0 saturated carbocycles. The van der Waals surface area contributed by atoms with Crippen molar-refractivity contribution in [3.63, 3.8) is 0 Å². The third-order valence-corrected chi connectivity index (χ3v) is 4.29. The molecule has 1 N–H and O–H groups in total. The van der Waals surface area contributed by atoms with Crippen molar-refractivity contribution >= 4 is 5.78 Å². The lowest BCUT2D eigenvalue weighted by atomic mass is 10.1. The molecule has 0 unspecified atom stereocenters. The van der Waals surface area contributed by atoms with Gasteiger partial charge in [-0.2, -0.15) is 8.78 Å². The molecule has 0 heterocycles. The maximum atomic E-state index is 13.9. The minimum absolute atomic E-state index is 0.0416. The number of benzene rings is 2. The van der Waals surface area contributed by atoms with Crippen molar-refractivity contribution in [2.75, 3.05) is 6.61 Å². The van der Waals surface area contributed by atoms with Crippen molar-refractivity contribution in [3.05, 3.63) is 90.0 Å². The van der Waals surface area contributed by atoms with E-state index in [-0.39, 0.29) is 30.7 Å². The Morgan fingerprint density at radius 2 is 1.62 bits per heavy atom. The molecule has 0 aromatic heterocycles. The van der Waals surface area contributed by atoms with E-state index in [2.05, 4.69) is 18.5 Å². The van der Waals surface area contributed by atoms with Crippen LogP contribution in [0.25, 0.3) is 0 Å². The maximum Gasteiger partial charge on any atom is 0.203 e. The number of ether oxygens (including phenoxy) is 3. The lowest BCUT2D eigenvalue weighted by molar-refractivity contribution is -0.123. The van der Waals surface area contributed by atoms with Crippen LogP contribution >= 0.6 is 0 Å². The van der Waals surface area contributed by atoms with Crippen LogP contribution in [0.3, 0.4) is 0 Å². The SMILES string of the molecule is C=C(C[C@H](NC(=C)OCc1ccccc1)C(=O)COc1c(F)c(F)cc(F)c1F)OC(C)(C)C. The van der Waals surface area contributed by atoms with Crippen LogP contribution in [0.1, 0.15) is 32.8 Å². The van der Waals surface area contributed by atoms with E-state index in [4.69, 9.17) is 14.2 Å². The molecule has 9 heteroatoms. The lowest BCUT2D eigenvalue weighted by Gasteiger charge is -2.26. The van der Waals surface area contributed by atoms with Crippen LogP contribution in [0.4, 0.5) is 17.6 Å². The summed E-state index contributed by atoms with van der Waals surface area (Å²) in [6, 6.07) is 8.16. The summed E-state index contributed by atoms with van der Waals surface area (Å²) in [5.41, 5.74) is 0.268. The van der Waals surface area contributed by atoms with Crippen molar-refractivity contribution in [1.82, 2.24) is 5.32 Å². The van der Waals surface area contributed by atoms with Gasteiger partial charge in [-0.25, -0.2) is 8.78 Å². The molecule has 0 saturated heterocycles. The van der Waals surface area contributed by atoms with Crippen LogP contribution in [-0.2, 0) is 20.9 Å². The van der Waals surface area contributed by atoms with E-state index in [1.54, 1.807) is 20.8 Å². The van der Waals surface area contributed by atoms with Gasteiger partial charge < -0.3 is 19.5 Å². The number of hydrogen-bond acceptors (Lipinski definition) is 5. The predicted octanol–water partition coefficient (Wildman–Crippen LogP) is 5.56. The summed E-state index contributed by atoms with van der Waals surface area (Å²) in [5, 5.41) is 2.77. The fourth-order valence-electron chi connectivity index (χ4n) is 2.85. The van der Waals surface area contributed by atoms with Gasteiger partial charge >= 0.3 is 0 Å². The first-order chi connectivity index (χ1) is 15.9. The molecule has 2 aromatic rings. The summed E-state index contributed by atoms with van der Waals surface area (Å²) < 4.78 is 70.5. The van der Waals surface area contributed by atoms with E-state index in [9.17, 15) is 22.4 Å². The van der Waals surface area contributed by atoms with E-state index in [0.717, 1.165) is 5.56 Å². The van der Waals surface area contributed by atoms with Crippen LogP contribution in [-0.4, -0.2) is 24.0 Å². The number of carbonyl (C=O) groups excluding carboxylic acids is 1. The lowest BCUT2D eigenvalue weighted by Crippen LogP contribution is -2.40. The van der Waals surface area contributed by atoms with Gasteiger partial charge in [-0.3, -0.25) is 4.79 Å². The molecule has 34 heavy (non-hydrogen) atoms. The number of Topliss-reactive ketones (excluding diaryl/α,β-unsaturated/α-hetero) is 1. The molecule has 0 bridgehead atoms. The van der Waals surface area contributed by atoms with Crippen molar-refractivity contribution in [1.29, 1.82) is 0 Å². The normalized spacial score (nSPS) is 12.0. The largest absolute Gasteiger partial charge is 0.493 e. The van der Waals surface area contributed by atoms with E-state index >= 15 is 0 Å². The first-order valence-corrected chi connectivity index (χ1v) is 10.3. The van der Waals surface area contributed by atoms with Crippen LogP contribution < -0.4 is 10.1 Å². The fraction of sp³-hybridized carbons (Fsp3) is 0.320. The second kappa shape index (κ2) is 11.6. The van der Waals surface area contributed by atoms with Gasteiger partial charge in [-0.05, 0) is 32.9 Å². The topological polar surface area (TPSA) is 56.8 Å². The predicted molar refractivity (Wildman–Crippen MR) is 119 cm³/mol. The number of carbonyl (C=O) groups is 1. The third kappa shape index (κ3) is 8.13. The Morgan fingerprint density at radius 1 is 1.03 bits per heavy atom. The smallest absolute Gasteiger partial charge is 0.203 e. The van der Waals surface area contributed by atoms with Gasteiger partial charge in [0.05, 0.1) is 11.8 Å². The highest BCUT2D eigenvalue weighted by Gasteiger charge is 2.26. The summed E-state index contributed by atoms with van der Waals surface area (Å²) in [4.78, 5) is 12.8. The Kier molecular flexibility index (Phi) is 9.11. The van der Waals surface area contributed by atoms with Gasteiger partial charge in [0, 0.05) is 12.5 Å². The van der Waals surface area contributed by atoms with Gasteiger partial charge in [-0.15, -0.1) is 0 Å². The Hall–Kier alpha value is -3.49. The van der Waals surface area contributed by atoms with Crippen molar-refractivity contribution in [3.8, 4) is 5.75 Å². The molecule has 0 radical (unpaired) electrons. The molecular formula is C25H27F4NO4. The quantitative estimate of drug-likeness (QED) is 0.245. The zero-order chi connectivity index (χ0) is 25.5.